The number of ether oxygens (including phenoxy) is 3. The van der Waals surface area contributed by atoms with Crippen LogP contribution in [0.1, 0.15) is 60.8 Å². The van der Waals surface area contributed by atoms with Crippen molar-refractivity contribution in [3.8, 4) is 11.5 Å². The van der Waals surface area contributed by atoms with E-state index in [1.54, 1.807) is 19.1 Å². The zero-order valence-electron chi connectivity index (χ0n) is 21.9. The number of rotatable bonds is 7. The summed E-state index contributed by atoms with van der Waals surface area (Å²) < 4.78 is 16.5. The van der Waals surface area contributed by atoms with Gasteiger partial charge in [0.15, 0.2) is 18.1 Å². The summed E-state index contributed by atoms with van der Waals surface area (Å²) in [4.78, 5) is 24.6. The first-order chi connectivity index (χ1) is 18.1. The molecule has 1 saturated heterocycles. The van der Waals surface area contributed by atoms with Gasteiger partial charge in [-0.3, -0.25) is 9.79 Å². The van der Waals surface area contributed by atoms with Gasteiger partial charge in [-0.2, -0.15) is 0 Å². The first-order valence-corrected chi connectivity index (χ1v) is 13.1. The van der Waals surface area contributed by atoms with E-state index in [1.807, 2.05) is 19.1 Å². The predicted octanol–water partition coefficient (Wildman–Crippen LogP) is 4.18. The Kier molecular flexibility index (Phi) is 7.74. The molecule has 5 rings (SSSR count). The van der Waals surface area contributed by atoms with Gasteiger partial charge in [0.05, 0.1) is 44.9 Å². The van der Waals surface area contributed by atoms with Gasteiger partial charge in [-0.15, -0.1) is 0 Å². The van der Waals surface area contributed by atoms with E-state index >= 15 is 0 Å². The number of amides is 1. The summed E-state index contributed by atoms with van der Waals surface area (Å²) in [7, 11) is 3.35. The second-order valence-electron chi connectivity index (χ2n) is 9.75. The third-order valence-electron chi connectivity index (χ3n) is 7.56. The van der Waals surface area contributed by atoms with Crippen LogP contribution >= 0.6 is 0 Å². The lowest BCUT2D eigenvalue weighted by molar-refractivity contribution is -0.140. The van der Waals surface area contributed by atoms with E-state index in [1.165, 1.54) is 18.4 Å². The van der Waals surface area contributed by atoms with Crippen LogP contribution in [0.15, 0.2) is 46.5 Å². The quantitative estimate of drug-likeness (QED) is 0.417. The molecule has 0 radical (unpaired) electrons. The molecule has 1 amide bonds. The lowest BCUT2D eigenvalue weighted by Gasteiger charge is -2.35. The van der Waals surface area contributed by atoms with Gasteiger partial charge in [0.25, 0.3) is 5.91 Å². The number of oxime groups is 1. The molecule has 0 bridgehead atoms. The lowest BCUT2D eigenvalue weighted by Crippen LogP contribution is -2.42. The summed E-state index contributed by atoms with van der Waals surface area (Å²) >= 11 is 0. The van der Waals surface area contributed by atoms with E-state index in [4.69, 9.17) is 24.0 Å². The number of benzene rings is 2. The molecule has 8 nitrogen and oxygen atoms in total. The van der Waals surface area contributed by atoms with Gasteiger partial charge >= 0.3 is 0 Å². The fourth-order valence-electron chi connectivity index (χ4n) is 5.51. The van der Waals surface area contributed by atoms with Crippen molar-refractivity contribution in [1.29, 1.82) is 0 Å². The Morgan fingerprint density at radius 2 is 1.76 bits per heavy atom. The largest absolute Gasteiger partial charge is 0.493 e. The van der Waals surface area contributed by atoms with Crippen molar-refractivity contribution in [1.82, 2.24) is 4.90 Å². The minimum Gasteiger partial charge on any atom is -0.493 e. The van der Waals surface area contributed by atoms with Crippen molar-refractivity contribution in [2.45, 2.75) is 44.6 Å². The zero-order valence-corrected chi connectivity index (χ0v) is 21.9. The van der Waals surface area contributed by atoms with Crippen molar-refractivity contribution in [2.24, 2.45) is 10.1 Å². The molecule has 0 unspecified atom stereocenters. The second-order valence-corrected chi connectivity index (χ2v) is 9.75. The maximum Gasteiger partial charge on any atom is 0.263 e. The van der Waals surface area contributed by atoms with Crippen molar-refractivity contribution >= 4 is 17.3 Å². The van der Waals surface area contributed by atoms with E-state index in [0.29, 0.717) is 43.7 Å². The first kappa shape index (κ1) is 25.3. The van der Waals surface area contributed by atoms with Gasteiger partial charge in [-0.05, 0) is 43.0 Å². The molecule has 2 atom stereocenters. The van der Waals surface area contributed by atoms with Crippen LogP contribution in [0.4, 0.5) is 0 Å². The summed E-state index contributed by atoms with van der Waals surface area (Å²) in [6.07, 6.45) is 4.69. The molecule has 0 spiro atoms. The third kappa shape index (κ3) is 5.34. The predicted molar refractivity (Wildman–Crippen MR) is 142 cm³/mol. The number of hydrogen-bond donors (Lipinski definition) is 0. The number of aliphatic imine (C=N–C) groups is 1. The van der Waals surface area contributed by atoms with Crippen LogP contribution in [0.25, 0.3) is 0 Å². The van der Waals surface area contributed by atoms with Crippen LogP contribution in [-0.2, 0) is 14.4 Å². The maximum absolute atomic E-state index is 12.3. The van der Waals surface area contributed by atoms with Gasteiger partial charge in [-0.25, -0.2) is 0 Å². The summed E-state index contributed by atoms with van der Waals surface area (Å²) in [5.74, 6) is 1.82. The Morgan fingerprint density at radius 3 is 2.49 bits per heavy atom. The number of methoxy groups -OCH3 is 2. The molecule has 0 aromatic heterocycles. The number of morpholine rings is 1. The van der Waals surface area contributed by atoms with Crippen LogP contribution in [-0.4, -0.2) is 75.4 Å². The number of fused-ring (bicyclic) bond motifs is 3. The molecule has 0 N–H and O–H groups in total. The Hall–Kier alpha value is -3.39. The van der Waals surface area contributed by atoms with Crippen LogP contribution in [0.2, 0.25) is 0 Å². The number of carbonyl (C=O) groups excluding carboxylic acids is 1. The minimum atomic E-state index is -0.0726. The molecule has 1 aliphatic carbocycles. The monoisotopic (exact) mass is 505 g/mol. The highest BCUT2D eigenvalue weighted by atomic mass is 16.6. The SMILES string of the molecule is COc1cc2c(cc1OC)[C@H]1CCCC[C@H]1N=C2c1ccc(C(C)=NOCC(=O)N2CCOCC2)cc1. The number of hydrogen-bond acceptors (Lipinski definition) is 7. The fourth-order valence-corrected chi connectivity index (χ4v) is 5.51. The first-order valence-electron chi connectivity index (χ1n) is 13.1. The molecule has 1 saturated carbocycles. The van der Waals surface area contributed by atoms with Crippen molar-refractivity contribution in [3.05, 3.63) is 58.7 Å². The van der Waals surface area contributed by atoms with E-state index in [0.717, 1.165) is 41.0 Å². The molecule has 2 fully saturated rings. The van der Waals surface area contributed by atoms with Gasteiger partial charge in [0, 0.05) is 30.1 Å². The summed E-state index contributed by atoms with van der Waals surface area (Å²) in [6, 6.07) is 12.7. The number of carbonyl (C=O) groups is 1. The molecular weight excluding hydrogens is 470 g/mol. The van der Waals surface area contributed by atoms with Crippen molar-refractivity contribution in [3.63, 3.8) is 0 Å². The van der Waals surface area contributed by atoms with E-state index in [-0.39, 0.29) is 18.6 Å². The molecule has 2 aliphatic heterocycles. The van der Waals surface area contributed by atoms with Gasteiger partial charge in [-0.1, -0.05) is 42.3 Å². The standard InChI is InChI=1S/C29H35N3O5/c1-19(31-37-18-28(33)32-12-14-36-15-13-32)20-8-10-21(11-9-20)29-24-17-27(35-3)26(34-2)16-23(24)22-6-4-5-7-25(22)30-29/h8-11,16-17,22,25H,4-7,12-15,18H2,1-3H3/t22-,25-/m1/s1. The smallest absolute Gasteiger partial charge is 0.263 e. The molecule has 196 valence electrons. The van der Waals surface area contributed by atoms with Gasteiger partial charge < -0.3 is 23.9 Å². The van der Waals surface area contributed by atoms with Gasteiger partial charge in [0.2, 0.25) is 0 Å². The van der Waals surface area contributed by atoms with Crippen LogP contribution in [0.5, 0.6) is 11.5 Å². The molecule has 37 heavy (non-hydrogen) atoms. The Balaban J connectivity index is 1.35. The average molecular weight is 506 g/mol. The fraction of sp³-hybridized carbons (Fsp3) is 0.483. The normalized spacial score (nSPS) is 21.4. The topological polar surface area (TPSA) is 81.9 Å². The summed E-state index contributed by atoms with van der Waals surface area (Å²) in [6.45, 7) is 4.14. The average Bonchev–Trinajstić information content (AvgIpc) is 2.96. The van der Waals surface area contributed by atoms with E-state index < -0.39 is 0 Å². The molecule has 2 aromatic rings. The highest BCUT2D eigenvalue weighted by Crippen LogP contribution is 2.44. The molecular formula is C29H35N3O5. The Morgan fingerprint density at radius 1 is 1.05 bits per heavy atom. The Bertz CT molecular complexity index is 1180. The van der Waals surface area contributed by atoms with Crippen molar-refractivity contribution in [2.75, 3.05) is 47.1 Å². The molecule has 2 aromatic carbocycles. The second kappa shape index (κ2) is 11.3. The van der Waals surface area contributed by atoms with E-state index in [9.17, 15) is 4.79 Å². The van der Waals surface area contributed by atoms with Crippen LogP contribution in [0.3, 0.4) is 0 Å². The highest BCUT2D eigenvalue weighted by molar-refractivity contribution is 6.15. The van der Waals surface area contributed by atoms with Crippen molar-refractivity contribution < 1.29 is 23.8 Å². The molecule has 3 aliphatic rings. The van der Waals surface area contributed by atoms with Crippen LogP contribution < -0.4 is 9.47 Å². The zero-order chi connectivity index (χ0) is 25.8. The summed E-state index contributed by atoms with van der Waals surface area (Å²) in [5.41, 5.74) is 6.11. The summed E-state index contributed by atoms with van der Waals surface area (Å²) in [5, 5.41) is 4.18. The minimum absolute atomic E-state index is 0.0720. The number of nitrogens with zero attached hydrogens (tertiary/aromatic N) is 3. The lowest BCUT2D eigenvalue weighted by atomic mass is 9.75. The molecule has 2 heterocycles. The third-order valence-corrected chi connectivity index (χ3v) is 7.56. The highest BCUT2D eigenvalue weighted by Gasteiger charge is 2.34. The van der Waals surface area contributed by atoms with Crippen LogP contribution in [0, 0.1) is 0 Å². The molecule has 8 heteroatoms. The van der Waals surface area contributed by atoms with Gasteiger partial charge in [0.1, 0.15) is 0 Å². The Labute approximate surface area is 218 Å². The maximum atomic E-state index is 12.3. The van der Waals surface area contributed by atoms with E-state index in [2.05, 4.69) is 29.4 Å².